The van der Waals surface area contributed by atoms with Gasteiger partial charge in [-0.05, 0) is 36.8 Å². The topological polar surface area (TPSA) is 81.8 Å². The fourth-order valence-corrected chi connectivity index (χ4v) is 2.33. The molecule has 1 unspecified atom stereocenters. The van der Waals surface area contributed by atoms with E-state index in [0.717, 1.165) is 0 Å². The number of benzene rings is 1. The standard InChI is InChI=1S/C15H20ClNO4/c1-20-13-6-10(12(17)4-5-15(18)19)11(16)7-14(13)21-8-9-2-3-9/h6-7,9,12H,2-5,8,17H2,1H3,(H,18,19). The highest BCUT2D eigenvalue weighted by atomic mass is 35.5. The van der Waals surface area contributed by atoms with Gasteiger partial charge >= 0.3 is 5.97 Å². The normalized spacial score (nSPS) is 15.6. The van der Waals surface area contributed by atoms with Gasteiger partial charge in [-0.1, -0.05) is 11.6 Å². The van der Waals surface area contributed by atoms with Crippen molar-refractivity contribution in [2.75, 3.05) is 13.7 Å². The number of aliphatic carboxylic acids is 1. The van der Waals surface area contributed by atoms with Crippen molar-refractivity contribution in [2.24, 2.45) is 11.7 Å². The van der Waals surface area contributed by atoms with Gasteiger partial charge in [0, 0.05) is 23.6 Å². The molecular formula is C15H20ClNO4. The van der Waals surface area contributed by atoms with Crippen molar-refractivity contribution in [1.29, 1.82) is 0 Å². The van der Waals surface area contributed by atoms with Crippen LogP contribution in [0.15, 0.2) is 12.1 Å². The number of halogens is 1. The molecule has 1 atom stereocenters. The third-order valence-electron chi connectivity index (χ3n) is 3.52. The zero-order chi connectivity index (χ0) is 15.4. The predicted molar refractivity (Wildman–Crippen MR) is 80.0 cm³/mol. The van der Waals surface area contributed by atoms with Crippen molar-refractivity contribution in [3.63, 3.8) is 0 Å². The van der Waals surface area contributed by atoms with E-state index in [1.165, 1.54) is 12.8 Å². The van der Waals surface area contributed by atoms with Crippen molar-refractivity contribution in [3.8, 4) is 11.5 Å². The maximum atomic E-state index is 10.6. The minimum atomic E-state index is -0.877. The molecule has 0 radical (unpaired) electrons. The van der Waals surface area contributed by atoms with Crippen molar-refractivity contribution in [3.05, 3.63) is 22.7 Å². The van der Waals surface area contributed by atoms with Crippen LogP contribution in [0, 0.1) is 5.92 Å². The van der Waals surface area contributed by atoms with Gasteiger partial charge in [-0.25, -0.2) is 0 Å². The number of carboxylic acids is 1. The van der Waals surface area contributed by atoms with E-state index < -0.39 is 12.0 Å². The summed E-state index contributed by atoms with van der Waals surface area (Å²) in [6, 6.07) is 2.98. The van der Waals surface area contributed by atoms with Gasteiger partial charge in [0.15, 0.2) is 11.5 Å². The minimum absolute atomic E-state index is 0.000255. The largest absolute Gasteiger partial charge is 0.493 e. The summed E-state index contributed by atoms with van der Waals surface area (Å²) in [6.07, 6.45) is 2.72. The van der Waals surface area contributed by atoms with Crippen LogP contribution in [0.4, 0.5) is 0 Å². The van der Waals surface area contributed by atoms with Gasteiger partial charge in [-0.15, -0.1) is 0 Å². The van der Waals surface area contributed by atoms with E-state index in [1.54, 1.807) is 19.2 Å². The molecule has 1 aliphatic rings. The SMILES string of the molecule is COc1cc(C(N)CCC(=O)O)c(Cl)cc1OCC1CC1. The molecule has 3 N–H and O–H groups in total. The summed E-state index contributed by atoms with van der Waals surface area (Å²) in [6.45, 7) is 0.664. The van der Waals surface area contributed by atoms with Crippen LogP contribution in [0.1, 0.15) is 37.3 Å². The highest BCUT2D eigenvalue weighted by Crippen LogP contribution is 2.38. The van der Waals surface area contributed by atoms with E-state index in [2.05, 4.69) is 0 Å². The quantitative estimate of drug-likeness (QED) is 0.771. The average Bonchev–Trinajstić information content (AvgIpc) is 3.26. The number of rotatable bonds is 8. The van der Waals surface area contributed by atoms with Gasteiger partial charge < -0.3 is 20.3 Å². The van der Waals surface area contributed by atoms with Crippen LogP contribution in [0.5, 0.6) is 11.5 Å². The summed E-state index contributed by atoms with van der Waals surface area (Å²) in [7, 11) is 1.56. The molecule has 0 aliphatic heterocycles. The Bertz CT molecular complexity index is 517. The zero-order valence-electron chi connectivity index (χ0n) is 12.0. The molecule has 116 valence electrons. The fraction of sp³-hybridized carbons (Fsp3) is 0.533. The zero-order valence-corrected chi connectivity index (χ0v) is 12.7. The number of hydrogen-bond donors (Lipinski definition) is 2. The van der Waals surface area contributed by atoms with Crippen molar-refractivity contribution in [1.82, 2.24) is 0 Å². The first kappa shape index (κ1) is 15.9. The third-order valence-corrected chi connectivity index (χ3v) is 3.85. The first-order valence-electron chi connectivity index (χ1n) is 6.99. The van der Waals surface area contributed by atoms with Crippen molar-refractivity contribution < 1.29 is 19.4 Å². The molecule has 1 aliphatic carbocycles. The maximum absolute atomic E-state index is 10.6. The molecule has 0 aromatic heterocycles. The van der Waals surface area contributed by atoms with Gasteiger partial charge in [-0.2, -0.15) is 0 Å². The lowest BCUT2D eigenvalue weighted by atomic mass is 10.0. The average molecular weight is 314 g/mol. The van der Waals surface area contributed by atoms with Crippen LogP contribution in [0.25, 0.3) is 0 Å². The summed E-state index contributed by atoms with van der Waals surface area (Å²) < 4.78 is 11.0. The molecule has 0 saturated heterocycles. The summed E-state index contributed by atoms with van der Waals surface area (Å²) in [5.41, 5.74) is 6.68. The monoisotopic (exact) mass is 313 g/mol. The molecule has 1 aromatic carbocycles. The number of carboxylic acid groups (broad SMARTS) is 1. The maximum Gasteiger partial charge on any atom is 0.303 e. The molecule has 1 fully saturated rings. The molecule has 0 amide bonds. The summed E-state index contributed by atoms with van der Waals surface area (Å²) in [5.74, 6) is 0.924. The number of nitrogens with two attached hydrogens (primary N) is 1. The molecule has 2 rings (SSSR count). The van der Waals surface area contributed by atoms with E-state index in [4.69, 9.17) is 31.9 Å². The van der Waals surface area contributed by atoms with E-state index >= 15 is 0 Å². The fourth-order valence-electron chi connectivity index (χ4n) is 2.03. The summed E-state index contributed by atoms with van der Waals surface area (Å²) >= 11 is 6.24. The Labute approximate surface area is 129 Å². The van der Waals surface area contributed by atoms with Crippen molar-refractivity contribution >= 4 is 17.6 Å². The van der Waals surface area contributed by atoms with Crippen LogP contribution in [-0.4, -0.2) is 24.8 Å². The summed E-state index contributed by atoms with van der Waals surface area (Å²) in [4.78, 5) is 10.6. The second-order valence-corrected chi connectivity index (χ2v) is 5.73. The molecular weight excluding hydrogens is 294 g/mol. The Morgan fingerprint density at radius 3 is 2.76 bits per heavy atom. The Kier molecular flexibility index (Phi) is 5.31. The molecule has 6 heteroatoms. The number of methoxy groups -OCH3 is 1. The Hall–Kier alpha value is -1.46. The molecule has 0 spiro atoms. The van der Waals surface area contributed by atoms with Gasteiger partial charge in [0.2, 0.25) is 0 Å². The third kappa shape index (κ3) is 4.51. The summed E-state index contributed by atoms with van der Waals surface area (Å²) in [5, 5.41) is 9.19. The van der Waals surface area contributed by atoms with Gasteiger partial charge in [-0.3, -0.25) is 4.79 Å². The van der Waals surface area contributed by atoms with E-state index in [0.29, 0.717) is 41.0 Å². The lowest BCUT2D eigenvalue weighted by Crippen LogP contribution is -2.13. The van der Waals surface area contributed by atoms with Crippen molar-refractivity contribution in [2.45, 2.75) is 31.7 Å². The van der Waals surface area contributed by atoms with E-state index in [1.807, 2.05) is 0 Å². The Morgan fingerprint density at radius 2 is 2.19 bits per heavy atom. The van der Waals surface area contributed by atoms with Crippen LogP contribution < -0.4 is 15.2 Å². The minimum Gasteiger partial charge on any atom is -0.493 e. The van der Waals surface area contributed by atoms with E-state index in [-0.39, 0.29) is 6.42 Å². The molecule has 0 heterocycles. The molecule has 5 nitrogen and oxygen atoms in total. The number of ether oxygens (including phenoxy) is 2. The smallest absolute Gasteiger partial charge is 0.303 e. The highest BCUT2D eigenvalue weighted by molar-refractivity contribution is 6.31. The molecule has 1 aromatic rings. The number of hydrogen-bond acceptors (Lipinski definition) is 4. The van der Waals surface area contributed by atoms with Gasteiger partial charge in [0.1, 0.15) is 0 Å². The Balaban J connectivity index is 2.11. The highest BCUT2D eigenvalue weighted by Gasteiger charge is 2.23. The first-order chi connectivity index (χ1) is 10.0. The second-order valence-electron chi connectivity index (χ2n) is 5.32. The Morgan fingerprint density at radius 1 is 1.48 bits per heavy atom. The molecule has 1 saturated carbocycles. The van der Waals surface area contributed by atoms with E-state index in [9.17, 15) is 4.79 Å². The lowest BCUT2D eigenvalue weighted by Gasteiger charge is -2.17. The van der Waals surface area contributed by atoms with Crippen LogP contribution in [0.2, 0.25) is 5.02 Å². The van der Waals surface area contributed by atoms with Crippen LogP contribution in [0.3, 0.4) is 0 Å². The second kappa shape index (κ2) is 7.00. The van der Waals surface area contributed by atoms with Crippen LogP contribution in [-0.2, 0) is 4.79 Å². The van der Waals surface area contributed by atoms with Crippen LogP contribution >= 0.6 is 11.6 Å². The number of carbonyl (C=O) groups is 1. The predicted octanol–water partition coefficient (Wildman–Crippen LogP) is 3.00. The lowest BCUT2D eigenvalue weighted by molar-refractivity contribution is -0.137. The van der Waals surface area contributed by atoms with Gasteiger partial charge in [0.05, 0.1) is 13.7 Å². The molecule has 0 bridgehead atoms. The first-order valence-corrected chi connectivity index (χ1v) is 7.36. The van der Waals surface area contributed by atoms with Gasteiger partial charge in [0.25, 0.3) is 0 Å². The molecule has 21 heavy (non-hydrogen) atoms.